The molecule has 2 N–H and O–H groups in total. The van der Waals surface area contributed by atoms with Gasteiger partial charge in [0, 0.05) is 23.3 Å². The topological polar surface area (TPSA) is 74.4 Å². The number of aryl methyl sites for hydroxylation is 2. The van der Waals surface area contributed by atoms with E-state index in [0.29, 0.717) is 30.0 Å². The molecule has 0 aliphatic rings. The molecular formula is C28H29N3O3. The molecule has 4 aromatic rings. The van der Waals surface area contributed by atoms with Crippen molar-refractivity contribution in [1.82, 2.24) is 9.88 Å². The van der Waals surface area contributed by atoms with Gasteiger partial charge < -0.3 is 19.9 Å². The second kappa shape index (κ2) is 10.3. The van der Waals surface area contributed by atoms with Crippen LogP contribution < -0.4 is 15.6 Å². The van der Waals surface area contributed by atoms with Crippen LogP contribution in [0.1, 0.15) is 22.3 Å². The Bertz CT molecular complexity index is 1360. The number of anilines is 1. The fourth-order valence-corrected chi connectivity index (χ4v) is 3.96. The maximum Gasteiger partial charge on any atom is 0.322 e. The molecule has 2 amide bonds. The Labute approximate surface area is 199 Å². The van der Waals surface area contributed by atoms with E-state index in [1.165, 1.54) is 5.56 Å². The van der Waals surface area contributed by atoms with Crippen LogP contribution in [0.5, 0.6) is 5.75 Å². The number of carbonyl (C=O) groups is 1. The van der Waals surface area contributed by atoms with Gasteiger partial charge in [-0.3, -0.25) is 4.79 Å². The minimum absolute atomic E-state index is 0.186. The summed E-state index contributed by atoms with van der Waals surface area (Å²) in [6.07, 6.45) is 0.683. The number of aromatic nitrogens is 1. The average Bonchev–Trinajstić information content (AvgIpc) is 2.82. The first kappa shape index (κ1) is 23.1. The Balaban J connectivity index is 1.59. The Hall–Kier alpha value is -4.06. The van der Waals surface area contributed by atoms with Gasteiger partial charge in [-0.25, -0.2) is 4.79 Å². The first-order chi connectivity index (χ1) is 16.4. The lowest BCUT2D eigenvalue weighted by atomic mass is 10.1. The number of carbonyl (C=O) groups excluding carboxylic acids is 1. The van der Waals surface area contributed by atoms with Crippen molar-refractivity contribution in [3.05, 3.63) is 105 Å². The average molecular weight is 456 g/mol. The smallest absolute Gasteiger partial charge is 0.322 e. The third-order valence-electron chi connectivity index (χ3n) is 5.82. The number of amides is 2. The number of H-pyrrole nitrogens is 1. The molecule has 1 aromatic heterocycles. The van der Waals surface area contributed by atoms with Crippen molar-refractivity contribution in [3.8, 4) is 5.75 Å². The van der Waals surface area contributed by atoms with Gasteiger partial charge in [-0.2, -0.15) is 0 Å². The molecule has 0 saturated heterocycles. The van der Waals surface area contributed by atoms with Crippen LogP contribution >= 0.6 is 0 Å². The molecular weight excluding hydrogens is 426 g/mol. The van der Waals surface area contributed by atoms with E-state index in [2.05, 4.69) is 22.4 Å². The summed E-state index contributed by atoms with van der Waals surface area (Å²) in [6.45, 7) is 4.73. The number of methoxy groups -OCH3 is 1. The van der Waals surface area contributed by atoms with Gasteiger partial charge >= 0.3 is 6.03 Å². The monoisotopic (exact) mass is 455 g/mol. The number of rotatable bonds is 7. The second-order valence-corrected chi connectivity index (χ2v) is 8.53. The van der Waals surface area contributed by atoms with Crippen LogP contribution in [0.25, 0.3) is 10.9 Å². The van der Waals surface area contributed by atoms with Crippen molar-refractivity contribution in [3.63, 3.8) is 0 Å². The lowest BCUT2D eigenvalue weighted by Gasteiger charge is -2.23. The van der Waals surface area contributed by atoms with Crippen LogP contribution in [-0.2, 0) is 13.0 Å². The quantitative estimate of drug-likeness (QED) is 0.390. The normalized spacial score (nSPS) is 10.8. The Morgan fingerprint density at radius 3 is 2.47 bits per heavy atom. The van der Waals surface area contributed by atoms with Crippen LogP contribution in [0.2, 0.25) is 0 Å². The highest BCUT2D eigenvalue weighted by molar-refractivity contribution is 5.89. The summed E-state index contributed by atoms with van der Waals surface area (Å²) in [4.78, 5) is 30.7. The molecule has 0 radical (unpaired) electrons. The molecule has 0 saturated carbocycles. The molecule has 1 heterocycles. The molecule has 0 aliphatic heterocycles. The highest BCUT2D eigenvalue weighted by Gasteiger charge is 2.17. The molecule has 174 valence electrons. The molecule has 0 atom stereocenters. The zero-order valence-electron chi connectivity index (χ0n) is 19.7. The number of pyridine rings is 1. The molecule has 0 spiro atoms. The Morgan fingerprint density at radius 2 is 1.74 bits per heavy atom. The molecule has 0 aliphatic carbocycles. The number of nitrogens with one attached hydrogen (secondary N) is 2. The maximum atomic E-state index is 13.3. The standard InChI is InChI=1S/C28H29N3O3/c1-19-5-4-6-21(15-19)13-14-31(28(33)29-24-8-10-25(34-3)11-9-24)18-23-17-22-16-20(2)7-12-26(22)30-27(23)32/h4-12,15-17H,13-14,18H2,1-3H3,(H,29,33)(H,30,32). The zero-order valence-corrected chi connectivity index (χ0v) is 19.7. The minimum atomic E-state index is -0.262. The van der Waals surface area contributed by atoms with Crippen molar-refractivity contribution < 1.29 is 9.53 Å². The van der Waals surface area contributed by atoms with Crippen molar-refractivity contribution >= 4 is 22.6 Å². The number of hydrogen-bond donors (Lipinski definition) is 2. The molecule has 4 rings (SSSR count). The van der Waals surface area contributed by atoms with Gasteiger partial charge in [0.2, 0.25) is 0 Å². The van der Waals surface area contributed by atoms with E-state index >= 15 is 0 Å². The van der Waals surface area contributed by atoms with E-state index < -0.39 is 0 Å². The number of aromatic amines is 1. The fraction of sp³-hybridized carbons (Fsp3) is 0.214. The van der Waals surface area contributed by atoms with Crippen molar-refractivity contribution in [1.29, 1.82) is 0 Å². The third-order valence-corrected chi connectivity index (χ3v) is 5.82. The van der Waals surface area contributed by atoms with Crippen molar-refractivity contribution in [2.24, 2.45) is 0 Å². The summed E-state index contributed by atoms with van der Waals surface area (Å²) >= 11 is 0. The van der Waals surface area contributed by atoms with Crippen molar-refractivity contribution in [2.45, 2.75) is 26.8 Å². The number of ether oxygens (including phenoxy) is 1. The summed E-state index contributed by atoms with van der Waals surface area (Å²) in [6, 6.07) is 22.9. The summed E-state index contributed by atoms with van der Waals surface area (Å²) < 4.78 is 5.19. The fourth-order valence-electron chi connectivity index (χ4n) is 3.96. The Kier molecular flexibility index (Phi) is 6.97. The van der Waals surface area contributed by atoms with E-state index in [1.54, 1.807) is 36.3 Å². The molecule has 3 aromatic carbocycles. The SMILES string of the molecule is COc1ccc(NC(=O)N(CCc2cccc(C)c2)Cc2cc3cc(C)ccc3[nH]c2=O)cc1. The van der Waals surface area contributed by atoms with Gasteiger partial charge in [0.15, 0.2) is 0 Å². The Morgan fingerprint density at radius 1 is 0.971 bits per heavy atom. The number of nitrogens with zero attached hydrogens (tertiary/aromatic N) is 1. The molecule has 34 heavy (non-hydrogen) atoms. The van der Waals surface area contributed by atoms with Crippen LogP contribution in [0.15, 0.2) is 77.6 Å². The highest BCUT2D eigenvalue weighted by atomic mass is 16.5. The summed E-state index contributed by atoms with van der Waals surface area (Å²) in [7, 11) is 1.60. The lowest BCUT2D eigenvalue weighted by Crippen LogP contribution is -2.37. The molecule has 0 unspecified atom stereocenters. The minimum Gasteiger partial charge on any atom is -0.497 e. The van der Waals surface area contributed by atoms with Crippen LogP contribution in [0.4, 0.5) is 10.5 Å². The lowest BCUT2D eigenvalue weighted by molar-refractivity contribution is 0.209. The third kappa shape index (κ3) is 5.64. The first-order valence-electron chi connectivity index (χ1n) is 11.3. The maximum absolute atomic E-state index is 13.3. The molecule has 0 fully saturated rings. The van der Waals surface area contributed by atoms with Crippen LogP contribution in [0.3, 0.4) is 0 Å². The van der Waals surface area contributed by atoms with E-state index in [-0.39, 0.29) is 18.1 Å². The largest absolute Gasteiger partial charge is 0.497 e. The van der Waals surface area contributed by atoms with Crippen LogP contribution in [0, 0.1) is 13.8 Å². The number of hydrogen-bond acceptors (Lipinski definition) is 3. The zero-order chi connectivity index (χ0) is 24.1. The van der Waals surface area contributed by atoms with Gasteiger partial charge in [0.25, 0.3) is 5.56 Å². The van der Waals surface area contributed by atoms with Crippen LogP contribution in [-0.4, -0.2) is 29.6 Å². The molecule has 6 heteroatoms. The van der Waals surface area contributed by atoms with E-state index in [4.69, 9.17) is 4.74 Å². The molecule has 0 bridgehead atoms. The summed E-state index contributed by atoms with van der Waals surface area (Å²) in [5.41, 5.74) is 5.24. The number of fused-ring (bicyclic) bond motifs is 1. The van der Waals surface area contributed by atoms with Gasteiger partial charge in [0.1, 0.15) is 5.75 Å². The van der Waals surface area contributed by atoms with Gasteiger partial charge in [-0.05, 0) is 73.7 Å². The van der Waals surface area contributed by atoms with E-state index in [0.717, 1.165) is 22.0 Å². The first-order valence-corrected chi connectivity index (χ1v) is 11.3. The molecule has 6 nitrogen and oxygen atoms in total. The summed E-state index contributed by atoms with van der Waals surface area (Å²) in [5.74, 6) is 0.715. The van der Waals surface area contributed by atoms with Crippen molar-refractivity contribution in [2.75, 3.05) is 19.0 Å². The number of benzene rings is 3. The van der Waals surface area contributed by atoms with E-state index in [1.807, 2.05) is 50.2 Å². The van der Waals surface area contributed by atoms with Gasteiger partial charge in [-0.15, -0.1) is 0 Å². The highest BCUT2D eigenvalue weighted by Crippen LogP contribution is 2.18. The van der Waals surface area contributed by atoms with E-state index in [9.17, 15) is 9.59 Å². The number of urea groups is 1. The predicted molar refractivity (Wildman–Crippen MR) is 137 cm³/mol. The van der Waals surface area contributed by atoms with Gasteiger partial charge in [-0.1, -0.05) is 41.5 Å². The summed E-state index contributed by atoms with van der Waals surface area (Å²) in [5, 5.41) is 3.89. The predicted octanol–water partition coefficient (Wildman–Crippen LogP) is 5.43. The van der Waals surface area contributed by atoms with Gasteiger partial charge in [0.05, 0.1) is 13.7 Å². The second-order valence-electron chi connectivity index (χ2n) is 8.53.